The first-order valence-corrected chi connectivity index (χ1v) is 7.65. The Morgan fingerprint density at radius 2 is 1.90 bits per heavy atom. The fourth-order valence-corrected chi connectivity index (χ4v) is 2.08. The van der Waals surface area contributed by atoms with Crippen molar-refractivity contribution in [2.45, 2.75) is 59.5 Å². The number of anilines is 1. The predicted octanol–water partition coefficient (Wildman–Crippen LogP) is 4.34. The molecule has 0 atom stereocenters. The number of benzene rings is 1. The molecule has 3 heteroatoms. The highest BCUT2D eigenvalue weighted by Crippen LogP contribution is 2.21. The minimum absolute atomic E-state index is 0.0473. The summed E-state index contributed by atoms with van der Waals surface area (Å²) < 4.78 is 14.3. The van der Waals surface area contributed by atoms with Crippen LogP contribution in [-0.4, -0.2) is 18.6 Å². The molecule has 0 aliphatic heterocycles. The SMILES string of the molecule is CCCCN(CC)c1ccc(CNC(C)(C)C)cc1F. The fourth-order valence-electron chi connectivity index (χ4n) is 2.08. The van der Waals surface area contributed by atoms with Crippen molar-refractivity contribution < 1.29 is 4.39 Å². The van der Waals surface area contributed by atoms with Crippen molar-refractivity contribution in [3.8, 4) is 0 Å². The molecular weight excluding hydrogens is 251 g/mol. The van der Waals surface area contributed by atoms with E-state index in [1.165, 1.54) is 0 Å². The maximum Gasteiger partial charge on any atom is 0.146 e. The maximum atomic E-state index is 14.3. The molecule has 1 aromatic rings. The number of halogens is 1. The molecule has 114 valence electrons. The van der Waals surface area contributed by atoms with Gasteiger partial charge in [-0.05, 0) is 51.8 Å². The lowest BCUT2D eigenvalue weighted by atomic mass is 10.1. The molecule has 0 spiro atoms. The first kappa shape index (κ1) is 17.0. The smallest absolute Gasteiger partial charge is 0.146 e. The Labute approximate surface area is 123 Å². The van der Waals surface area contributed by atoms with Gasteiger partial charge in [-0.3, -0.25) is 0 Å². The van der Waals surface area contributed by atoms with E-state index in [2.05, 4.69) is 44.8 Å². The quantitative estimate of drug-likeness (QED) is 0.799. The van der Waals surface area contributed by atoms with Crippen LogP contribution < -0.4 is 10.2 Å². The normalized spacial score (nSPS) is 11.7. The van der Waals surface area contributed by atoms with Gasteiger partial charge in [-0.2, -0.15) is 0 Å². The summed E-state index contributed by atoms with van der Waals surface area (Å²) in [5.74, 6) is -0.115. The Morgan fingerprint density at radius 1 is 1.20 bits per heavy atom. The summed E-state index contributed by atoms with van der Waals surface area (Å²) in [6.07, 6.45) is 2.23. The zero-order valence-corrected chi connectivity index (χ0v) is 13.6. The van der Waals surface area contributed by atoms with Crippen molar-refractivity contribution in [2.75, 3.05) is 18.0 Å². The van der Waals surface area contributed by atoms with Gasteiger partial charge in [0.1, 0.15) is 5.82 Å². The van der Waals surface area contributed by atoms with Gasteiger partial charge >= 0.3 is 0 Å². The summed E-state index contributed by atoms with van der Waals surface area (Å²) in [6.45, 7) is 13.0. The van der Waals surface area contributed by atoms with Crippen molar-refractivity contribution in [3.63, 3.8) is 0 Å². The minimum Gasteiger partial charge on any atom is -0.369 e. The third kappa shape index (κ3) is 5.49. The van der Waals surface area contributed by atoms with E-state index in [1.54, 1.807) is 6.07 Å². The molecule has 0 aliphatic carbocycles. The van der Waals surface area contributed by atoms with Gasteiger partial charge in [0.15, 0.2) is 0 Å². The van der Waals surface area contributed by atoms with E-state index in [0.29, 0.717) is 6.54 Å². The summed E-state index contributed by atoms with van der Waals surface area (Å²) in [4.78, 5) is 2.11. The summed E-state index contributed by atoms with van der Waals surface area (Å²) >= 11 is 0. The van der Waals surface area contributed by atoms with Crippen LogP contribution >= 0.6 is 0 Å². The van der Waals surface area contributed by atoms with E-state index >= 15 is 0 Å². The van der Waals surface area contributed by atoms with Gasteiger partial charge < -0.3 is 10.2 Å². The number of nitrogens with zero attached hydrogens (tertiary/aromatic N) is 1. The highest BCUT2D eigenvalue weighted by molar-refractivity contribution is 5.49. The standard InChI is InChI=1S/C17H29FN2/c1-6-8-11-20(7-2)16-10-9-14(12-15(16)18)13-19-17(3,4)5/h9-10,12,19H,6-8,11,13H2,1-5H3. The Balaban J connectivity index is 2.76. The van der Waals surface area contributed by atoms with E-state index in [9.17, 15) is 4.39 Å². The van der Waals surface area contributed by atoms with Crippen molar-refractivity contribution in [1.82, 2.24) is 5.32 Å². The second kappa shape index (κ2) is 7.63. The highest BCUT2D eigenvalue weighted by atomic mass is 19.1. The molecule has 1 aromatic carbocycles. The molecule has 1 rings (SSSR count). The maximum absolute atomic E-state index is 14.3. The molecule has 0 unspecified atom stereocenters. The third-order valence-electron chi connectivity index (χ3n) is 3.34. The Bertz CT molecular complexity index is 410. The summed E-state index contributed by atoms with van der Waals surface area (Å²) in [5, 5.41) is 3.38. The summed E-state index contributed by atoms with van der Waals surface area (Å²) in [5.41, 5.74) is 1.76. The zero-order chi connectivity index (χ0) is 15.2. The largest absolute Gasteiger partial charge is 0.369 e. The van der Waals surface area contributed by atoms with E-state index in [1.807, 2.05) is 12.1 Å². The van der Waals surface area contributed by atoms with E-state index in [0.717, 1.165) is 37.2 Å². The van der Waals surface area contributed by atoms with Crippen molar-refractivity contribution in [1.29, 1.82) is 0 Å². The molecule has 2 nitrogen and oxygen atoms in total. The monoisotopic (exact) mass is 280 g/mol. The van der Waals surface area contributed by atoms with Gasteiger partial charge in [-0.15, -0.1) is 0 Å². The topological polar surface area (TPSA) is 15.3 Å². The van der Waals surface area contributed by atoms with Gasteiger partial charge in [0.2, 0.25) is 0 Å². The van der Waals surface area contributed by atoms with Gasteiger partial charge in [-0.1, -0.05) is 19.4 Å². The molecule has 0 bridgehead atoms. The molecule has 0 amide bonds. The Kier molecular flexibility index (Phi) is 6.47. The molecule has 0 radical (unpaired) electrons. The van der Waals surface area contributed by atoms with Crippen LogP contribution in [0.4, 0.5) is 10.1 Å². The van der Waals surface area contributed by atoms with Crippen LogP contribution in [0.1, 0.15) is 53.0 Å². The van der Waals surface area contributed by atoms with Crippen LogP contribution in [0.25, 0.3) is 0 Å². The van der Waals surface area contributed by atoms with Crippen LogP contribution in [0.2, 0.25) is 0 Å². The van der Waals surface area contributed by atoms with Crippen molar-refractivity contribution in [2.24, 2.45) is 0 Å². The fraction of sp³-hybridized carbons (Fsp3) is 0.647. The van der Waals surface area contributed by atoms with E-state index in [-0.39, 0.29) is 11.4 Å². The van der Waals surface area contributed by atoms with Crippen molar-refractivity contribution >= 4 is 5.69 Å². The third-order valence-corrected chi connectivity index (χ3v) is 3.34. The van der Waals surface area contributed by atoms with Gasteiger partial charge in [0, 0.05) is 25.2 Å². The number of nitrogens with one attached hydrogen (secondary N) is 1. The van der Waals surface area contributed by atoms with Crippen LogP contribution in [0.3, 0.4) is 0 Å². The van der Waals surface area contributed by atoms with Gasteiger partial charge in [-0.25, -0.2) is 4.39 Å². The first-order chi connectivity index (χ1) is 9.37. The average molecular weight is 280 g/mol. The number of unbranched alkanes of at least 4 members (excludes halogenated alkanes) is 1. The lowest BCUT2D eigenvalue weighted by Gasteiger charge is -2.24. The average Bonchev–Trinajstić information content (AvgIpc) is 2.38. The van der Waals surface area contributed by atoms with Crippen LogP contribution in [0.5, 0.6) is 0 Å². The highest BCUT2D eigenvalue weighted by Gasteiger charge is 2.12. The lowest BCUT2D eigenvalue weighted by Crippen LogP contribution is -2.35. The van der Waals surface area contributed by atoms with E-state index in [4.69, 9.17) is 0 Å². The second-order valence-electron chi connectivity index (χ2n) is 6.32. The van der Waals surface area contributed by atoms with Crippen molar-refractivity contribution in [3.05, 3.63) is 29.6 Å². The van der Waals surface area contributed by atoms with Gasteiger partial charge in [0.25, 0.3) is 0 Å². The first-order valence-electron chi connectivity index (χ1n) is 7.65. The number of hydrogen-bond donors (Lipinski definition) is 1. The Hall–Kier alpha value is -1.09. The number of rotatable bonds is 7. The van der Waals surface area contributed by atoms with Crippen LogP contribution in [0, 0.1) is 5.82 Å². The van der Waals surface area contributed by atoms with E-state index < -0.39 is 0 Å². The second-order valence-corrected chi connectivity index (χ2v) is 6.32. The summed E-state index contributed by atoms with van der Waals surface area (Å²) in [6, 6.07) is 5.59. The molecule has 0 aromatic heterocycles. The Morgan fingerprint density at radius 3 is 2.40 bits per heavy atom. The predicted molar refractivity (Wildman–Crippen MR) is 85.8 cm³/mol. The molecule has 0 saturated heterocycles. The molecule has 0 fully saturated rings. The molecular formula is C17H29FN2. The van der Waals surface area contributed by atoms with Gasteiger partial charge in [0.05, 0.1) is 5.69 Å². The lowest BCUT2D eigenvalue weighted by molar-refractivity contribution is 0.423. The molecule has 1 N–H and O–H groups in total. The zero-order valence-electron chi connectivity index (χ0n) is 13.6. The molecule has 0 heterocycles. The summed E-state index contributed by atoms with van der Waals surface area (Å²) in [7, 11) is 0. The molecule has 0 aliphatic rings. The van der Waals surface area contributed by atoms with Crippen LogP contribution in [0.15, 0.2) is 18.2 Å². The molecule has 20 heavy (non-hydrogen) atoms. The minimum atomic E-state index is -0.115. The van der Waals surface area contributed by atoms with Crippen LogP contribution in [-0.2, 0) is 6.54 Å². The number of hydrogen-bond acceptors (Lipinski definition) is 2. The molecule has 0 saturated carbocycles.